The van der Waals surface area contributed by atoms with Crippen molar-refractivity contribution < 1.29 is 4.74 Å². The second kappa shape index (κ2) is 4.97. The minimum absolute atomic E-state index is 0.566. The lowest BCUT2D eigenvalue weighted by atomic mass is 10.2. The molecule has 0 saturated carbocycles. The molecule has 0 aromatic heterocycles. The predicted molar refractivity (Wildman–Crippen MR) is 58.7 cm³/mol. The van der Waals surface area contributed by atoms with Gasteiger partial charge in [0.2, 0.25) is 0 Å². The Morgan fingerprint density at radius 3 is 2.92 bits per heavy atom. The fraction of sp³-hybridized carbons (Fsp3) is 0.273. The fourth-order valence-electron chi connectivity index (χ4n) is 1.05. The molecule has 1 aromatic rings. The van der Waals surface area contributed by atoms with Crippen molar-refractivity contribution in [3.63, 3.8) is 0 Å². The van der Waals surface area contributed by atoms with E-state index in [1.807, 2.05) is 6.07 Å². The number of thioether (sulfide) groups is 1. The zero-order valence-corrected chi connectivity index (χ0v) is 8.86. The van der Waals surface area contributed by atoms with Crippen LogP contribution >= 0.6 is 11.8 Å². The smallest absolute Gasteiger partial charge is 0.120 e. The monoisotopic (exact) mass is 194 g/mol. The van der Waals surface area contributed by atoms with E-state index in [2.05, 4.69) is 31.9 Å². The van der Waals surface area contributed by atoms with Gasteiger partial charge in [-0.2, -0.15) is 0 Å². The quantitative estimate of drug-likeness (QED) is 0.537. The lowest BCUT2D eigenvalue weighted by Gasteiger charge is -2.06. The predicted octanol–water partition coefficient (Wildman–Crippen LogP) is 3.28. The topological polar surface area (TPSA) is 9.23 Å². The SMILES string of the molecule is C=CCOc1ccc(C)c(SC)c1. The third-order valence-corrected chi connectivity index (χ3v) is 2.63. The van der Waals surface area contributed by atoms with Crippen LogP contribution in [0.15, 0.2) is 35.7 Å². The average Bonchev–Trinajstić information content (AvgIpc) is 2.16. The minimum atomic E-state index is 0.566. The fourth-order valence-corrected chi connectivity index (χ4v) is 1.67. The number of ether oxygens (including phenoxy) is 1. The molecule has 0 N–H and O–H groups in total. The zero-order chi connectivity index (χ0) is 9.68. The summed E-state index contributed by atoms with van der Waals surface area (Å²) in [5.74, 6) is 0.912. The zero-order valence-electron chi connectivity index (χ0n) is 8.04. The highest BCUT2D eigenvalue weighted by Gasteiger charge is 1.98. The number of hydrogen-bond donors (Lipinski definition) is 0. The third-order valence-electron chi connectivity index (χ3n) is 1.75. The average molecular weight is 194 g/mol. The van der Waals surface area contributed by atoms with E-state index in [4.69, 9.17) is 4.74 Å². The van der Waals surface area contributed by atoms with E-state index < -0.39 is 0 Å². The first-order valence-electron chi connectivity index (χ1n) is 4.16. The summed E-state index contributed by atoms with van der Waals surface area (Å²) in [6.45, 7) is 6.27. The van der Waals surface area contributed by atoms with Gasteiger partial charge in [0.25, 0.3) is 0 Å². The van der Waals surface area contributed by atoms with Crippen LogP contribution in [0.25, 0.3) is 0 Å². The Labute approximate surface area is 83.8 Å². The van der Waals surface area contributed by atoms with Crippen molar-refractivity contribution in [3.05, 3.63) is 36.4 Å². The second-order valence-corrected chi connectivity index (χ2v) is 3.58. The van der Waals surface area contributed by atoms with Crippen molar-refractivity contribution in [1.82, 2.24) is 0 Å². The van der Waals surface area contributed by atoms with Crippen LogP contribution in [-0.4, -0.2) is 12.9 Å². The number of rotatable bonds is 4. The lowest BCUT2D eigenvalue weighted by Crippen LogP contribution is -1.93. The van der Waals surface area contributed by atoms with Crippen LogP contribution in [0.4, 0.5) is 0 Å². The van der Waals surface area contributed by atoms with Crippen molar-refractivity contribution in [2.75, 3.05) is 12.9 Å². The Hall–Kier alpha value is -0.890. The van der Waals surface area contributed by atoms with Gasteiger partial charge in [-0.25, -0.2) is 0 Å². The van der Waals surface area contributed by atoms with Crippen LogP contribution in [0.2, 0.25) is 0 Å². The minimum Gasteiger partial charge on any atom is -0.490 e. The molecule has 1 nitrogen and oxygen atoms in total. The van der Waals surface area contributed by atoms with E-state index in [9.17, 15) is 0 Å². The summed E-state index contributed by atoms with van der Waals surface area (Å²) in [5.41, 5.74) is 1.29. The maximum atomic E-state index is 5.42. The van der Waals surface area contributed by atoms with Gasteiger partial charge in [-0.15, -0.1) is 11.8 Å². The van der Waals surface area contributed by atoms with Gasteiger partial charge in [-0.05, 0) is 30.9 Å². The molecule has 0 unspecified atom stereocenters. The van der Waals surface area contributed by atoms with Gasteiger partial charge >= 0.3 is 0 Å². The molecule has 0 aliphatic rings. The van der Waals surface area contributed by atoms with Gasteiger partial charge in [0, 0.05) is 4.90 Å². The molecule has 0 saturated heterocycles. The normalized spacial score (nSPS) is 9.69. The first-order valence-corrected chi connectivity index (χ1v) is 5.38. The van der Waals surface area contributed by atoms with Crippen molar-refractivity contribution in [2.24, 2.45) is 0 Å². The Balaban J connectivity index is 2.79. The van der Waals surface area contributed by atoms with Gasteiger partial charge in [0.1, 0.15) is 12.4 Å². The van der Waals surface area contributed by atoms with Crippen molar-refractivity contribution in [2.45, 2.75) is 11.8 Å². The summed E-state index contributed by atoms with van der Waals surface area (Å²) in [5, 5.41) is 0. The third kappa shape index (κ3) is 2.81. The summed E-state index contributed by atoms with van der Waals surface area (Å²) < 4.78 is 5.42. The van der Waals surface area contributed by atoms with Crippen LogP contribution in [0, 0.1) is 6.92 Å². The largest absolute Gasteiger partial charge is 0.490 e. The van der Waals surface area contributed by atoms with Gasteiger partial charge in [-0.1, -0.05) is 18.7 Å². The molecule has 1 rings (SSSR count). The Morgan fingerprint density at radius 2 is 2.31 bits per heavy atom. The molecule has 0 heterocycles. The lowest BCUT2D eigenvalue weighted by molar-refractivity contribution is 0.362. The highest BCUT2D eigenvalue weighted by molar-refractivity contribution is 7.98. The second-order valence-electron chi connectivity index (χ2n) is 2.73. The molecule has 70 valence electrons. The first kappa shape index (κ1) is 10.2. The summed E-state index contributed by atoms with van der Waals surface area (Å²) in [4.78, 5) is 1.27. The molecule has 13 heavy (non-hydrogen) atoms. The molecule has 1 aromatic carbocycles. The Morgan fingerprint density at radius 1 is 1.54 bits per heavy atom. The molecule has 0 aliphatic heterocycles. The van der Waals surface area contributed by atoms with Gasteiger partial charge in [-0.3, -0.25) is 0 Å². The van der Waals surface area contributed by atoms with E-state index in [1.54, 1.807) is 17.8 Å². The molecule has 0 atom stereocenters. The van der Waals surface area contributed by atoms with E-state index in [1.165, 1.54) is 10.5 Å². The summed E-state index contributed by atoms with van der Waals surface area (Å²) in [6.07, 6.45) is 3.82. The van der Waals surface area contributed by atoms with Gasteiger partial charge < -0.3 is 4.74 Å². The van der Waals surface area contributed by atoms with E-state index in [-0.39, 0.29) is 0 Å². The molecule has 0 fully saturated rings. The molecule has 0 aliphatic carbocycles. The number of benzene rings is 1. The van der Waals surface area contributed by atoms with Crippen molar-refractivity contribution >= 4 is 11.8 Å². The van der Waals surface area contributed by atoms with Crippen molar-refractivity contribution in [3.8, 4) is 5.75 Å². The van der Waals surface area contributed by atoms with E-state index >= 15 is 0 Å². The van der Waals surface area contributed by atoms with Crippen LogP contribution in [0.5, 0.6) is 5.75 Å². The molecule has 0 bridgehead atoms. The molecular weight excluding hydrogens is 180 g/mol. The molecule has 2 heteroatoms. The van der Waals surface area contributed by atoms with Crippen LogP contribution in [-0.2, 0) is 0 Å². The molecular formula is C11H14OS. The molecule has 0 radical (unpaired) electrons. The summed E-state index contributed by atoms with van der Waals surface area (Å²) >= 11 is 1.74. The maximum Gasteiger partial charge on any atom is 0.120 e. The van der Waals surface area contributed by atoms with Gasteiger partial charge in [0.05, 0.1) is 0 Å². The van der Waals surface area contributed by atoms with Crippen molar-refractivity contribution in [1.29, 1.82) is 0 Å². The number of hydrogen-bond acceptors (Lipinski definition) is 2. The standard InChI is InChI=1S/C11H14OS/c1-4-7-12-10-6-5-9(2)11(8-10)13-3/h4-6,8H,1,7H2,2-3H3. The molecule has 0 amide bonds. The molecule has 0 spiro atoms. The summed E-state index contributed by atoms with van der Waals surface area (Å²) in [6, 6.07) is 6.12. The Bertz CT molecular complexity index is 294. The van der Waals surface area contributed by atoms with Crippen LogP contribution in [0.3, 0.4) is 0 Å². The van der Waals surface area contributed by atoms with Gasteiger partial charge in [0.15, 0.2) is 0 Å². The summed E-state index contributed by atoms with van der Waals surface area (Å²) in [7, 11) is 0. The maximum absolute atomic E-state index is 5.42. The Kier molecular flexibility index (Phi) is 3.90. The highest BCUT2D eigenvalue weighted by atomic mass is 32.2. The van der Waals surface area contributed by atoms with Crippen LogP contribution in [0.1, 0.15) is 5.56 Å². The highest BCUT2D eigenvalue weighted by Crippen LogP contribution is 2.24. The van der Waals surface area contributed by atoms with Crippen LogP contribution < -0.4 is 4.74 Å². The van der Waals surface area contributed by atoms with E-state index in [0.29, 0.717) is 6.61 Å². The first-order chi connectivity index (χ1) is 6.27. The number of aryl methyl sites for hydroxylation is 1. The van der Waals surface area contributed by atoms with E-state index in [0.717, 1.165) is 5.75 Å².